The predicted molar refractivity (Wildman–Crippen MR) is 91.3 cm³/mol. The van der Waals surface area contributed by atoms with Crippen LogP contribution in [0.5, 0.6) is 0 Å². The fraction of sp³-hybridized carbons (Fsp3) is 0.375. The molecule has 0 bridgehead atoms. The lowest BCUT2D eigenvalue weighted by molar-refractivity contribution is -0.122. The monoisotopic (exact) mass is 349 g/mol. The van der Waals surface area contributed by atoms with Crippen molar-refractivity contribution in [2.45, 2.75) is 33.2 Å². The van der Waals surface area contributed by atoms with Gasteiger partial charge in [0.25, 0.3) is 5.91 Å². The Balaban J connectivity index is 2.10. The largest absolute Gasteiger partial charge is 0.354 e. The summed E-state index contributed by atoms with van der Waals surface area (Å²) >= 11 is 5.87. The molecule has 2 rings (SSSR count). The van der Waals surface area contributed by atoms with E-state index in [4.69, 9.17) is 11.6 Å². The number of nitrogens with zero attached hydrogens (tertiary/aromatic N) is 3. The van der Waals surface area contributed by atoms with Crippen molar-refractivity contribution in [1.82, 2.24) is 25.4 Å². The van der Waals surface area contributed by atoms with E-state index in [0.717, 1.165) is 12.1 Å². The maximum atomic E-state index is 12.2. The molecule has 0 saturated carbocycles. The first-order valence-electron chi connectivity index (χ1n) is 7.70. The summed E-state index contributed by atoms with van der Waals surface area (Å²) < 4.78 is 1.55. The van der Waals surface area contributed by atoms with Gasteiger partial charge in [-0.3, -0.25) is 9.59 Å². The van der Waals surface area contributed by atoms with Crippen molar-refractivity contribution < 1.29 is 9.59 Å². The first-order chi connectivity index (χ1) is 11.4. The molecule has 0 saturated heterocycles. The summed E-state index contributed by atoms with van der Waals surface area (Å²) in [6, 6.07) is 6.38. The zero-order valence-electron chi connectivity index (χ0n) is 13.8. The number of rotatable bonds is 6. The molecule has 128 valence electrons. The van der Waals surface area contributed by atoms with Crippen molar-refractivity contribution in [3.05, 3.63) is 40.9 Å². The summed E-state index contributed by atoms with van der Waals surface area (Å²) in [6.45, 7) is 5.89. The number of aromatic nitrogens is 3. The van der Waals surface area contributed by atoms with Gasteiger partial charge in [-0.15, -0.1) is 5.10 Å². The van der Waals surface area contributed by atoms with Gasteiger partial charge in [0.1, 0.15) is 11.9 Å². The topological polar surface area (TPSA) is 88.9 Å². The molecule has 2 amide bonds. The average molecular weight is 350 g/mol. The summed E-state index contributed by atoms with van der Waals surface area (Å²) in [5.41, 5.74) is 0.747. The fourth-order valence-corrected chi connectivity index (χ4v) is 2.17. The molecule has 7 nitrogen and oxygen atoms in total. The Bertz CT molecular complexity index is 727. The minimum absolute atomic E-state index is 0.0117. The number of amides is 2. The van der Waals surface area contributed by atoms with Gasteiger partial charge in [0.2, 0.25) is 11.7 Å². The third kappa shape index (κ3) is 4.32. The summed E-state index contributed by atoms with van der Waals surface area (Å²) in [6.07, 6.45) is 0.832. The number of hydrogen-bond acceptors (Lipinski definition) is 4. The number of carbonyl (C=O) groups is 2. The van der Waals surface area contributed by atoms with Crippen molar-refractivity contribution in [3.8, 4) is 5.69 Å². The first kappa shape index (κ1) is 17.9. The smallest absolute Gasteiger partial charge is 0.291 e. The molecule has 1 aromatic heterocycles. The summed E-state index contributed by atoms with van der Waals surface area (Å²) in [5, 5.41) is 10.1. The van der Waals surface area contributed by atoms with Gasteiger partial charge in [-0.25, -0.2) is 9.67 Å². The molecular weight excluding hydrogens is 330 g/mol. The van der Waals surface area contributed by atoms with Crippen molar-refractivity contribution >= 4 is 23.4 Å². The van der Waals surface area contributed by atoms with Crippen LogP contribution in [-0.4, -0.2) is 39.2 Å². The average Bonchev–Trinajstić information content (AvgIpc) is 2.95. The van der Waals surface area contributed by atoms with Crippen LogP contribution in [0, 0.1) is 6.92 Å². The Kier molecular flexibility index (Phi) is 5.92. The molecule has 0 aliphatic heterocycles. The van der Waals surface area contributed by atoms with Crippen molar-refractivity contribution in [1.29, 1.82) is 0 Å². The molecule has 2 aromatic rings. The van der Waals surface area contributed by atoms with Gasteiger partial charge in [0.15, 0.2) is 0 Å². The van der Waals surface area contributed by atoms with Crippen LogP contribution in [0.25, 0.3) is 5.69 Å². The summed E-state index contributed by atoms with van der Waals surface area (Å²) in [4.78, 5) is 28.2. The SMILES string of the molecule is CCCNC(=O)C(C)NC(=O)c1nc(C)n(-c2ccc(Cl)cc2)n1. The highest BCUT2D eigenvalue weighted by Crippen LogP contribution is 2.14. The second-order valence-corrected chi connectivity index (χ2v) is 5.79. The lowest BCUT2D eigenvalue weighted by Crippen LogP contribution is -2.45. The number of benzene rings is 1. The molecule has 0 spiro atoms. The van der Waals surface area contributed by atoms with Crippen molar-refractivity contribution in [3.63, 3.8) is 0 Å². The Labute approximate surface area is 145 Å². The summed E-state index contributed by atoms with van der Waals surface area (Å²) in [5.74, 6) is -0.160. The zero-order chi connectivity index (χ0) is 17.7. The van der Waals surface area contributed by atoms with Crippen LogP contribution in [0.4, 0.5) is 0 Å². The molecule has 0 fully saturated rings. The van der Waals surface area contributed by atoms with Gasteiger partial charge in [0.05, 0.1) is 5.69 Å². The molecule has 0 aliphatic rings. The minimum Gasteiger partial charge on any atom is -0.354 e. The van der Waals surface area contributed by atoms with Gasteiger partial charge in [-0.05, 0) is 44.5 Å². The highest BCUT2D eigenvalue weighted by Gasteiger charge is 2.20. The highest BCUT2D eigenvalue weighted by molar-refractivity contribution is 6.30. The van der Waals surface area contributed by atoms with E-state index in [0.29, 0.717) is 17.4 Å². The number of halogens is 1. The molecule has 0 radical (unpaired) electrons. The summed E-state index contributed by atoms with van der Waals surface area (Å²) in [7, 11) is 0. The van der Waals surface area contributed by atoms with Gasteiger partial charge in [0, 0.05) is 11.6 Å². The second kappa shape index (κ2) is 7.92. The molecular formula is C16H20ClN5O2. The quantitative estimate of drug-likeness (QED) is 0.833. The molecule has 2 N–H and O–H groups in total. The first-order valence-corrected chi connectivity index (χ1v) is 8.08. The minimum atomic E-state index is -0.660. The third-order valence-corrected chi connectivity index (χ3v) is 3.59. The molecule has 1 atom stereocenters. The van der Waals surface area contributed by atoms with E-state index in [9.17, 15) is 9.59 Å². The van der Waals surface area contributed by atoms with Crippen LogP contribution >= 0.6 is 11.6 Å². The molecule has 1 heterocycles. The number of nitrogens with one attached hydrogen (secondary N) is 2. The predicted octanol–water partition coefficient (Wildman–Crippen LogP) is 1.87. The van der Waals surface area contributed by atoms with Gasteiger partial charge < -0.3 is 10.6 Å². The molecule has 8 heteroatoms. The maximum Gasteiger partial charge on any atom is 0.291 e. The molecule has 1 aromatic carbocycles. The van der Waals surface area contributed by atoms with E-state index in [1.807, 2.05) is 6.92 Å². The van der Waals surface area contributed by atoms with Crippen LogP contribution in [0.2, 0.25) is 5.02 Å². The van der Waals surface area contributed by atoms with Crippen LogP contribution < -0.4 is 10.6 Å². The maximum absolute atomic E-state index is 12.2. The lowest BCUT2D eigenvalue weighted by Gasteiger charge is -2.12. The fourth-order valence-electron chi connectivity index (χ4n) is 2.04. The standard InChI is InChI=1S/C16H20ClN5O2/c1-4-9-18-15(23)10(2)19-16(24)14-20-11(3)22(21-14)13-7-5-12(17)6-8-13/h5-8,10H,4,9H2,1-3H3,(H,18,23)(H,19,24). The van der Waals surface area contributed by atoms with E-state index in [1.165, 1.54) is 0 Å². The number of carbonyl (C=O) groups excluding carboxylic acids is 2. The normalized spacial score (nSPS) is 11.8. The van der Waals surface area contributed by atoms with E-state index in [-0.39, 0.29) is 11.7 Å². The molecule has 0 aliphatic carbocycles. The Hall–Kier alpha value is -2.41. The second-order valence-electron chi connectivity index (χ2n) is 5.36. The van der Waals surface area contributed by atoms with Crippen molar-refractivity contribution in [2.24, 2.45) is 0 Å². The van der Waals surface area contributed by atoms with Crippen LogP contribution in [0.3, 0.4) is 0 Å². The Morgan fingerprint density at radius 2 is 1.96 bits per heavy atom. The third-order valence-electron chi connectivity index (χ3n) is 3.33. The lowest BCUT2D eigenvalue weighted by atomic mass is 10.3. The van der Waals surface area contributed by atoms with E-state index in [2.05, 4.69) is 20.7 Å². The van der Waals surface area contributed by atoms with E-state index >= 15 is 0 Å². The molecule has 1 unspecified atom stereocenters. The van der Waals surface area contributed by atoms with E-state index in [1.54, 1.807) is 42.8 Å². The van der Waals surface area contributed by atoms with Crippen LogP contribution in [0.1, 0.15) is 36.7 Å². The van der Waals surface area contributed by atoms with Crippen molar-refractivity contribution in [2.75, 3.05) is 6.54 Å². The molecule has 24 heavy (non-hydrogen) atoms. The van der Waals surface area contributed by atoms with Crippen LogP contribution in [0.15, 0.2) is 24.3 Å². The van der Waals surface area contributed by atoms with Gasteiger partial charge >= 0.3 is 0 Å². The number of aryl methyl sites for hydroxylation is 1. The van der Waals surface area contributed by atoms with Crippen LogP contribution in [-0.2, 0) is 4.79 Å². The van der Waals surface area contributed by atoms with Gasteiger partial charge in [-0.1, -0.05) is 18.5 Å². The highest BCUT2D eigenvalue weighted by atomic mass is 35.5. The Morgan fingerprint density at radius 3 is 2.58 bits per heavy atom. The zero-order valence-corrected chi connectivity index (χ0v) is 14.6. The number of hydrogen-bond donors (Lipinski definition) is 2. The Morgan fingerprint density at radius 1 is 1.29 bits per heavy atom. The van der Waals surface area contributed by atoms with E-state index < -0.39 is 11.9 Å². The van der Waals surface area contributed by atoms with Gasteiger partial charge in [-0.2, -0.15) is 0 Å².